The maximum atomic E-state index is 14.0. The molecule has 0 spiro atoms. The van der Waals surface area contributed by atoms with Crippen LogP contribution in [0, 0.1) is 10.8 Å². The van der Waals surface area contributed by atoms with Gasteiger partial charge in [0.05, 0.1) is 0 Å². The molecule has 1 heterocycles. The average Bonchev–Trinajstić information content (AvgIpc) is 2.93. The predicted octanol–water partition coefficient (Wildman–Crippen LogP) is 7.99. The zero-order valence-electron chi connectivity index (χ0n) is 25.4. The van der Waals surface area contributed by atoms with Crippen LogP contribution in [0.4, 0.5) is 0 Å². The summed E-state index contributed by atoms with van der Waals surface area (Å²) in [7, 11) is -4.08. The summed E-state index contributed by atoms with van der Waals surface area (Å²) in [5.74, 6) is -0.287. The summed E-state index contributed by atoms with van der Waals surface area (Å²) < 4.78 is 31.2. The Bertz CT molecular complexity index is 1750. The number of rotatable bonds is 6. The Morgan fingerprint density at radius 3 is 1.80 bits per heavy atom. The van der Waals surface area contributed by atoms with Crippen molar-refractivity contribution in [1.82, 2.24) is 4.90 Å². The molecule has 228 valence electrons. The third kappa shape index (κ3) is 5.87. The Morgan fingerprint density at radius 2 is 1.27 bits per heavy atom. The quantitative estimate of drug-likeness (QED) is 0.257. The van der Waals surface area contributed by atoms with Crippen molar-refractivity contribution >= 4 is 33.3 Å². The SMILES string of the molecule is CC1(C)CC(=O)C2=C(C1)N(Cc1ccccc1)C1=C(C(=O)CC(C)(C)C1)C2c1ccc(OS(=O)(=O)c2ccc(Cl)cc2)cc1. The van der Waals surface area contributed by atoms with E-state index in [1.165, 1.54) is 24.3 Å². The second kappa shape index (κ2) is 11.0. The summed E-state index contributed by atoms with van der Waals surface area (Å²) in [6.45, 7) is 9.07. The van der Waals surface area contributed by atoms with Gasteiger partial charge in [0.1, 0.15) is 10.6 Å². The number of nitrogens with zero attached hydrogens (tertiary/aromatic N) is 1. The topological polar surface area (TPSA) is 80.8 Å². The van der Waals surface area contributed by atoms with E-state index < -0.39 is 16.0 Å². The van der Waals surface area contributed by atoms with Crippen LogP contribution in [0.1, 0.15) is 70.4 Å². The highest BCUT2D eigenvalue weighted by Crippen LogP contribution is 2.54. The number of carbonyl (C=O) groups excluding carboxylic acids is 2. The molecule has 44 heavy (non-hydrogen) atoms. The molecule has 1 aliphatic heterocycles. The Morgan fingerprint density at radius 1 is 0.750 bits per heavy atom. The molecule has 6 nitrogen and oxygen atoms in total. The molecule has 0 atom stereocenters. The maximum Gasteiger partial charge on any atom is 0.339 e. The first-order valence-corrected chi connectivity index (χ1v) is 16.7. The van der Waals surface area contributed by atoms with Gasteiger partial charge in [-0.3, -0.25) is 9.59 Å². The molecule has 0 amide bonds. The molecule has 0 saturated heterocycles. The number of halogens is 1. The molecule has 3 aromatic carbocycles. The van der Waals surface area contributed by atoms with E-state index >= 15 is 0 Å². The highest BCUT2D eigenvalue weighted by molar-refractivity contribution is 7.87. The minimum absolute atomic E-state index is 0.00723. The van der Waals surface area contributed by atoms with E-state index in [9.17, 15) is 18.0 Å². The van der Waals surface area contributed by atoms with E-state index in [1.807, 2.05) is 18.2 Å². The molecule has 0 radical (unpaired) electrons. The standard InChI is InChI=1S/C36H36ClNO5S/c1-35(2)18-28-33(30(39)20-35)32(24-10-14-26(15-11-24)43-44(41,42)27-16-12-25(37)13-17-27)34-29(19-36(3,4)21-31(34)40)38(28)22-23-8-6-5-7-9-23/h5-17,32H,18-22H2,1-4H3. The van der Waals surface area contributed by atoms with E-state index in [1.54, 1.807) is 24.3 Å². The first-order chi connectivity index (χ1) is 20.7. The summed E-state index contributed by atoms with van der Waals surface area (Å²) in [6.07, 6.45) is 2.21. The highest BCUT2D eigenvalue weighted by atomic mass is 35.5. The lowest BCUT2D eigenvalue weighted by Crippen LogP contribution is -2.44. The number of carbonyl (C=O) groups is 2. The van der Waals surface area contributed by atoms with E-state index in [2.05, 4.69) is 44.7 Å². The van der Waals surface area contributed by atoms with Gasteiger partial charge in [0.25, 0.3) is 0 Å². The largest absolute Gasteiger partial charge is 0.379 e. The Hall–Kier alpha value is -3.68. The lowest BCUT2D eigenvalue weighted by Gasteiger charge is -2.49. The van der Waals surface area contributed by atoms with Crippen LogP contribution in [-0.4, -0.2) is 24.9 Å². The molecule has 2 aliphatic carbocycles. The van der Waals surface area contributed by atoms with Crippen molar-refractivity contribution in [3.63, 3.8) is 0 Å². The molecule has 0 N–H and O–H groups in total. The number of allylic oxidation sites excluding steroid dienone is 4. The van der Waals surface area contributed by atoms with Crippen LogP contribution in [0.3, 0.4) is 0 Å². The zero-order chi connectivity index (χ0) is 31.4. The number of Topliss-reactive ketones (excluding diaryl/α,β-unsaturated/α-hetero) is 2. The predicted molar refractivity (Wildman–Crippen MR) is 171 cm³/mol. The van der Waals surface area contributed by atoms with E-state index in [-0.39, 0.29) is 33.0 Å². The van der Waals surface area contributed by atoms with Crippen LogP contribution in [0.5, 0.6) is 5.75 Å². The second-order valence-electron chi connectivity index (χ2n) is 13.7. The van der Waals surface area contributed by atoms with Gasteiger partial charge in [-0.05, 0) is 71.2 Å². The van der Waals surface area contributed by atoms with E-state index in [0.717, 1.165) is 22.5 Å². The lowest BCUT2D eigenvalue weighted by atomic mass is 9.63. The van der Waals surface area contributed by atoms with Crippen LogP contribution < -0.4 is 4.18 Å². The summed E-state index contributed by atoms with van der Waals surface area (Å²) in [6, 6.07) is 22.7. The first-order valence-electron chi connectivity index (χ1n) is 14.9. The highest BCUT2D eigenvalue weighted by Gasteiger charge is 2.49. The molecule has 0 aromatic heterocycles. The Labute approximate surface area is 264 Å². The number of hydrogen-bond donors (Lipinski definition) is 0. The van der Waals surface area contributed by atoms with E-state index in [0.29, 0.717) is 48.4 Å². The van der Waals surface area contributed by atoms with Crippen molar-refractivity contribution in [1.29, 1.82) is 0 Å². The molecule has 3 aliphatic rings. The maximum absolute atomic E-state index is 14.0. The number of benzene rings is 3. The Kier molecular flexibility index (Phi) is 7.61. The molecule has 0 unspecified atom stereocenters. The van der Waals surface area contributed by atoms with Crippen LogP contribution >= 0.6 is 11.6 Å². The molecule has 6 rings (SSSR count). The fraction of sp³-hybridized carbons (Fsp3) is 0.333. The van der Waals surface area contributed by atoms with Crippen molar-refractivity contribution in [2.24, 2.45) is 10.8 Å². The Balaban J connectivity index is 1.45. The number of ketones is 2. The fourth-order valence-electron chi connectivity index (χ4n) is 6.83. The van der Waals surface area contributed by atoms with Crippen molar-refractivity contribution in [2.75, 3.05) is 0 Å². The van der Waals surface area contributed by atoms with Gasteiger partial charge in [-0.15, -0.1) is 0 Å². The minimum atomic E-state index is -4.08. The van der Waals surface area contributed by atoms with Crippen LogP contribution in [-0.2, 0) is 26.3 Å². The van der Waals surface area contributed by atoms with Gasteiger partial charge in [-0.25, -0.2) is 0 Å². The van der Waals surface area contributed by atoms with Crippen molar-refractivity contribution in [3.8, 4) is 5.75 Å². The molecular formula is C36H36ClNO5S. The monoisotopic (exact) mass is 629 g/mol. The van der Waals surface area contributed by atoms with Gasteiger partial charge in [0.2, 0.25) is 0 Å². The minimum Gasteiger partial charge on any atom is -0.379 e. The van der Waals surface area contributed by atoms with Crippen molar-refractivity contribution < 1.29 is 22.2 Å². The number of hydrogen-bond acceptors (Lipinski definition) is 6. The molecule has 0 saturated carbocycles. The van der Waals surface area contributed by atoms with Gasteiger partial charge in [-0.1, -0.05) is 81.8 Å². The van der Waals surface area contributed by atoms with Gasteiger partial charge >= 0.3 is 10.1 Å². The smallest absolute Gasteiger partial charge is 0.339 e. The third-order valence-corrected chi connectivity index (χ3v) is 10.2. The summed E-state index contributed by atoms with van der Waals surface area (Å²) in [5.41, 5.74) is 4.74. The normalized spacial score (nSPS) is 20.0. The van der Waals surface area contributed by atoms with Gasteiger partial charge < -0.3 is 9.08 Å². The van der Waals surface area contributed by atoms with E-state index in [4.69, 9.17) is 15.8 Å². The molecule has 0 fully saturated rings. The van der Waals surface area contributed by atoms with Crippen LogP contribution in [0.15, 0.2) is 106 Å². The van der Waals surface area contributed by atoms with Gasteiger partial charge in [0, 0.05) is 52.9 Å². The zero-order valence-corrected chi connectivity index (χ0v) is 27.0. The van der Waals surface area contributed by atoms with Crippen LogP contribution in [0.25, 0.3) is 0 Å². The fourth-order valence-corrected chi connectivity index (χ4v) is 7.89. The van der Waals surface area contributed by atoms with Gasteiger partial charge in [-0.2, -0.15) is 8.42 Å². The van der Waals surface area contributed by atoms with Crippen LogP contribution in [0.2, 0.25) is 5.02 Å². The molecule has 8 heteroatoms. The van der Waals surface area contributed by atoms with Gasteiger partial charge in [0.15, 0.2) is 11.6 Å². The van der Waals surface area contributed by atoms with Crippen molar-refractivity contribution in [2.45, 2.75) is 70.7 Å². The summed E-state index contributed by atoms with van der Waals surface area (Å²) >= 11 is 5.92. The first kappa shape index (κ1) is 30.4. The van der Waals surface area contributed by atoms with Crippen molar-refractivity contribution in [3.05, 3.63) is 118 Å². The third-order valence-electron chi connectivity index (χ3n) is 8.73. The molecule has 3 aromatic rings. The molecular weight excluding hydrogens is 594 g/mol. The lowest BCUT2D eigenvalue weighted by molar-refractivity contribution is -0.119. The molecule has 0 bridgehead atoms. The summed E-state index contributed by atoms with van der Waals surface area (Å²) in [5, 5.41) is 0.423. The summed E-state index contributed by atoms with van der Waals surface area (Å²) in [4.78, 5) is 30.3. The second-order valence-corrected chi connectivity index (χ2v) is 15.7. The average molecular weight is 630 g/mol.